The van der Waals surface area contributed by atoms with E-state index < -0.39 is 0 Å². The number of hydrogen-bond donors (Lipinski definition) is 1. The second-order valence-corrected chi connectivity index (χ2v) is 10.1. The van der Waals surface area contributed by atoms with E-state index >= 15 is 0 Å². The van der Waals surface area contributed by atoms with E-state index in [2.05, 4.69) is 48.4 Å². The molecule has 1 aliphatic heterocycles. The predicted octanol–water partition coefficient (Wildman–Crippen LogP) is 3.00. The highest BCUT2D eigenvalue weighted by Crippen LogP contribution is 2.46. The number of pyridine rings is 1. The Kier molecular flexibility index (Phi) is 4.64. The van der Waals surface area contributed by atoms with Gasteiger partial charge in [0.25, 0.3) is 5.91 Å². The van der Waals surface area contributed by atoms with E-state index in [0.717, 1.165) is 60.5 Å². The van der Waals surface area contributed by atoms with Crippen LogP contribution in [0.3, 0.4) is 0 Å². The molecule has 9 heteroatoms. The third-order valence-corrected chi connectivity index (χ3v) is 7.76. The summed E-state index contributed by atoms with van der Waals surface area (Å²) in [5.74, 6) is 2.71. The molecule has 1 amide bonds. The molecule has 2 unspecified atom stereocenters. The van der Waals surface area contributed by atoms with E-state index in [4.69, 9.17) is 4.98 Å². The van der Waals surface area contributed by atoms with Crippen LogP contribution in [-0.2, 0) is 20.0 Å². The Morgan fingerprint density at radius 2 is 2.09 bits per heavy atom. The lowest BCUT2D eigenvalue weighted by Gasteiger charge is -2.20. The summed E-state index contributed by atoms with van der Waals surface area (Å²) in [5.41, 5.74) is 4.82. The number of carbonyl (C=O) groups excluding carboxylic acids is 1. The number of rotatable bonds is 5. The normalized spacial score (nSPS) is 23.3. The van der Waals surface area contributed by atoms with Gasteiger partial charge < -0.3 is 14.8 Å². The van der Waals surface area contributed by atoms with Gasteiger partial charge in [-0.15, -0.1) is 0 Å². The van der Waals surface area contributed by atoms with Crippen LogP contribution in [0.15, 0.2) is 29.3 Å². The average Bonchev–Trinajstić information content (AvgIpc) is 3.17. The van der Waals surface area contributed by atoms with Gasteiger partial charge in [0, 0.05) is 37.7 Å². The van der Waals surface area contributed by atoms with Crippen molar-refractivity contribution >= 4 is 27.7 Å². The maximum absolute atomic E-state index is 12.9. The van der Waals surface area contributed by atoms with E-state index in [1.807, 2.05) is 24.9 Å². The highest BCUT2D eigenvalue weighted by atomic mass is 79.9. The summed E-state index contributed by atoms with van der Waals surface area (Å²) in [6.07, 6.45) is 6.80. The Morgan fingerprint density at radius 3 is 2.88 bits per heavy atom. The summed E-state index contributed by atoms with van der Waals surface area (Å²) in [6.45, 7) is 4.90. The van der Waals surface area contributed by atoms with Gasteiger partial charge in [-0.05, 0) is 65.6 Å². The first-order chi connectivity index (χ1) is 15.5. The maximum atomic E-state index is 12.9. The number of halogens is 1. The van der Waals surface area contributed by atoms with Crippen molar-refractivity contribution in [2.75, 3.05) is 18.0 Å². The Bertz CT molecular complexity index is 1210. The quantitative estimate of drug-likeness (QED) is 0.588. The molecule has 0 aromatic carbocycles. The zero-order valence-electron chi connectivity index (χ0n) is 18.3. The molecule has 0 bridgehead atoms. The highest BCUT2D eigenvalue weighted by molar-refractivity contribution is 9.10. The maximum Gasteiger partial charge on any atom is 0.256 e. The molecule has 0 spiro atoms. The fraction of sp³-hybridized carbons (Fsp3) is 0.478. The van der Waals surface area contributed by atoms with Gasteiger partial charge >= 0.3 is 0 Å². The number of aromatic nitrogens is 5. The first-order valence-corrected chi connectivity index (χ1v) is 12.0. The van der Waals surface area contributed by atoms with Crippen LogP contribution in [-0.4, -0.2) is 43.3 Å². The average molecular weight is 496 g/mol. The minimum absolute atomic E-state index is 0.0513. The van der Waals surface area contributed by atoms with Gasteiger partial charge in [-0.25, -0.2) is 9.97 Å². The summed E-state index contributed by atoms with van der Waals surface area (Å²) in [7, 11) is 1.99. The molecule has 8 nitrogen and oxygen atoms in total. The van der Waals surface area contributed by atoms with Crippen LogP contribution in [0.4, 0.5) is 5.82 Å². The van der Waals surface area contributed by atoms with Crippen LogP contribution in [0.1, 0.15) is 51.9 Å². The number of imidazole rings is 1. The van der Waals surface area contributed by atoms with Gasteiger partial charge in [0.2, 0.25) is 0 Å². The summed E-state index contributed by atoms with van der Waals surface area (Å²) in [4.78, 5) is 24.7. The number of aryl methyl sites for hydroxylation is 2. The molecule has 4 heterocycles. The number of carbonyl (C=O) groups is 1. The van der Waals surface area contributed by atoms with Crippen LogP contribution in [0.5, 0.6) is 0 Å². The summed E-state index contributed by atoms with van der Waals surface area (Å²) in [6, 6.07) is 4.20. The molecule has 166 valence electrons. The first-order valence-electron chi connectivity index (χ1n) is 11.2. The van der Waals surface area contributed by atoms with E-state index in [9.17, 15) is 4.79 Å². The van der Waals surface area contributed by atoms with E-state index in [1.54, 1.807) is 10.9 Å². The van der Waals surface area contributed by atoms with E-state index in [0.29, 0.717) is 16.7 Å². The Labute approximate surface area is 195 Å². The number of nitrogens with one attached hydrogen (secondary N) is 1. The highest BCUT2D eigenvalue weighted by Gasteiger charge is 2.45. The molecule has 0 radical (unpaired) electrons. The summed E-state index contributed by atoms with van der Waals surface area (Å²) >= 11 is 3.47. The molecule has 3 aromatic rings. The second kappa shape index (κ2) is 7.43. The lowest BCUT2D eigenvalue weighted by molar-refractivity contribution is 0.0935. The van der Waals surface area contributed by atoms with Crippen molar-refractivity contribution in [1.29, 1.82) is 0 Å². The van der Waals surface area contributed by atoms with Crippen molar-refractivity contribution < 1.29 is 4.79 Å². The molecule has 3 atom stereocenters. The minimum atomic E-state index is -0.135. The van der Waals surface area contributed by atoms with Crippen molar-refractivity contribution in [2.45, 2.75) is 38.8 Å². The van der Waals surface area contributed by atoms with Gasteiger partial charge in [-0.1, -0.05) is 6.07 Å². The second-order valence-electron chi connectivity index (χ2n) is 9.36. The number of amides is 1. The molecular formula is C23H26BrN7O. The molecule has 1 saturated carbocycles. The van der Waals surface area contributed by atoms with Crippen molar-refractivity contribution in [2.24, 2.45) is 18.9 Å². The Hall–Kier alpha value is -2.68. The standard InChI is InChI=1S/C23H26BrN7O/c1-13-14(3-6-20(26-13)30-8-15-7-16(15)9-30)10-31-11-17(22(24)28-31)23(32)27-18-4-5-19-21(18)25-12-29(19)2/h3,6,11-12,15-16,18H,4-5,7-10H2,1-2H3,(H,27,32)/t15?,16?,18-/m1/s1. The number of nitrogens with zero attached hydrogens (tertiary/aromatic N) is 6. The van der Waals surface area contributed by atoms with E-state index in [-0.39, 0.29) is 11.9 Å². The molecular weight excluding hydrogens is 470 g/mol. The molecule has 3 aromatic heterocycles. The van der Waals surface area contributed by atoms with Crippen LogP contribution in [0.2, 0.25) is 0 Å². The zero-order chi connectivity index (χ0) is 22.0. The van der Waals surface area contributed by atoms with E-state index in [1.165, 1.54) is 12.1 Å². The molecule has 6 rings (SSSR count). The van der Waals surface area contributed by atoms with Crippen molar-refractivity contribution in [3.05, 3.63) is 57.5 Å². The molecule has 3 aliphatic rings. The number of hydrogen-bond acceptors (Lipinski definition) is 5. The zero-order valence-corrected chi connectivity index (χ0v) is 19.8. The third kappa shape index (κ3) is 3.43. The van der Waals surface area contributed by atoms with Gasteiger partial charge in [-0.2, -0.15) is 5.10 Å². The molecule has 32 heavy (non-hydrogen) atoms. The van der Waals surface area contributed by atoms with Crippen LogP contribution in [0.25, 0.3) is 0 Å². The fourth-order valence-corrected chi connectivity index (χ4v) is 5.66. The van der Waals surface area contributed by atoms with Crippen LogP contribution >= 0.6 is 15.9 Å². The number of fused-ring (bicyclic) bond motifs is 2. The molecule has 2 fully saturated rings. The number of anilines is 1. The monoisotopic (exact) mass is 495 g/mol. The summed E-state index contributed by atoms with van der Waals surface area (Å²) in [5, 5.41) is 7.65. The van der Waals surface area contributed by atoms with Gasteiger partial charge in [-0.3, -0.25) is 9.48 Å². The lowest BCUT2D eigenvalue weighted by atomic mass is 10.2. The van der Waals surface area contributed by atoms with Crippen molar-refractivity contribution in [3.63, 3.8) is 0 Å². The van der Waals surface area contributed by atoms with Gasteiger partial charge in [0.05, 0.1) is 30.2 Å². The Balaban J connectivity index is 1.15. The van der Waals surface area contributed by atoms with Crippen LogP contribution in [0, 0.1) is 18.8 Å². The summed E-state index contributed by atoms with van der Waals surface area (Å²) < 4.78 is 4.38. The molecule has 2 aliphatic carbocycles. The third-order valence-electron chi connectivity index (χ3n) is 7.17. The SMILES string of the molecule is Cc1nc(N2CC3CC3C2)ccc1Cn1cc(C(=O)N[C@@H]2CCc3c2ncn3C)c(Br)n1. The number of piperidine rings is 1. The largest absolute Gasteiger partial charge is 0.356 e. The predicted molar refractivity (Wildman–Crippen MR) is 124 cm³/mol. The van der Waals surface area contributed by atoms with Crippen molar-refractivity contribution in [1.82, 2.24) is 29.6 Å². The van der Waals surface area contributed by atoms with Crippen molar-refractivity contribution in [3.8, 4) is 0 Å². The topological polar surface area (TPSA) is 80.9 Å². The molecule has 1 saturated heterocycles. The first kappa shape index (κ1) is 20.0. The fourth-order valence-electron chi connectivity index (χ4n) is 5.17. The van der Waals surface area contributed by atoms with Gasteiger partial charge in [0.1, 0.15) is 10.4 Å². The molecule has 1 N–H and O–H groups in total. The smallest absolute Gasteiger partial charge is 0.256 e. The lowest BCUT2D eigenvalue weighted by Crippen LogP contribution is -2.27. The Morgan fingerprint density at radius 1 is 1.28 bits per heavy atom. The van der Waals surface area contributed by atoms with Gasteiger partial charge in [0.15, 0.2) is 0 Å². The van der Waals surface area contributed by atoms with Crippen LogP contribution < -0.4 is 10.2 Å². The minimum Gasteiger partial charge on any atom is -0.356 e.